The summed E-state index contributed by atoms with van der Waals surface area (Å²) in [5.41, 5.74) is 2.70. The number of carbonyl (C=O) groups is 3. The fourth-order valence-electron chi connectivity index (χ4n) is 4.04. The van der Waals surface area contributed by atoms with Crippen molar-refractivity contribution in [3.8, 4) is 17.2 Å². The van der Waals surface area contributed by atoms with E-state index in [0.717, 1.165) is 5.56 Å². The Labute approximate surface area is 244 Å². The molecule has 0 heterocycles. The molecule has 42 heavy (non-hydrogen) atoms. The molecule has 0 unspecified atom stereocenters. The van der Waals surface area contributed by atoms with Gasteiger partial charge in [0.15, 0.2) is 17.3 Å². The van der Waals surface area contributed by atoms with Gasteiger partial charge in [0.1, 0.15) is 5.70 Å². The van der Waals surface area contributed by atoms with E-state index in [4.69, 9.17) is 14.2 Å². The van der Waals surface area contributed by atoms with Gasteiger partial charge in [-0.3, -0.25) is 14.4 Å². The smallest absolute Gasteiger partial charge is 0.272 e. The number of rotatable bonds is 11. The van der Waals surface area contributed by atoms with Gasteiger partial charge in [-0.05, 0) is 71.8 Å². The number of hydrogen-bond donors (Lipinski definition) is 2. The number of anilines is 1. The van der Waals surface area contributed by atoms with Crippen LogP contribution in [-0.4, -0.2) is 38.9 Å². The van der Waals surface area contributed by atoms with E-state index >= 15 is 0 Å². The molecule has 2 N–H and O–H groups in total. The summed E-state index contributed by atoms with van der Waals surface area (Å²) in [6.45, 7) is 0. The lowest BCUT2D eigenvalue weighted by Crippen LogP contribution is -2.30. The van der Waals surface area contributed by atoms with Crippen LogP contribution in [0.2, 0.25) is 0 Å². The number of methoxy groups -OCH3 is 3. The Bertz CT molecular complexity index is 1590. The number of nitrogens with one attached hydrogen (secondary N) is 2. The van der Waals surface area contributed by atoms with Gasteiger partial charge in [0.05, 0.1) is 21.3 Å². The molecule has 0 atom stereocenters. The minimum absolute atomic E-state index is 0.0240. The summed E-state index contributed by atoms with van der Waals surface area (Å²) in [6.07, 6.45) is 4.75. The normalized spacial score (nSPS) is 11.1. The molecule has 4 aromatic carbocycles. The zero-order chi connectivity index (χ0) is 29.9. The second-order valence-corrected chi connectivity index (χ2v) is 8.98. The van der Waals surface area contributed by atoms with Gasteiger partial charge in [0, 0.05) is 16.8 Å². The van der Waals surface area contributed by atoms with Crippen LogP contribution in [0.15, 0.2) is 109 Å². The van der Waals surface area contributed by atoms with Gasteiger partial charge in [-0.2, -0.15) is 0 Å². The molecule has 0 aromatic heterocycles. The number of allylic oxidation sites excluding steroid dienone is 1. The minimum atomic E-state index is -0.573. The van der Waals surface area contributed by atoms with E-state index in [1.165, 1.54) is 33.5 Å². The Morgan fingerprint density at radius 1 is 0.667 bits per heavy atom. The first kappa shape index (κ1) is 29.4. The van der Waals surface area contributed by atoms with Gasteiger partial charge >= 0.3 is 0 Å². The number of ether oxygens (including phenoxy) is 3. The van der Waals surface area contributed by atoms with E-state index in [-0.39, 0.29) is 11.5 Å². The largest absolute Gasteiger partial charge is 0.493 e. The maximum absolute atomic E-state index is 13.4. The molecule has 212 valence electrons. The third-order valence-electron chi connectivity index (χ3n) is 6.18. The fraction of sp³-hybridized carbons (Fsp3) is 0.0882. The molecular formula is C34H30N2O6. The molecule has 0 saturated heterocycles. The van der Waals surface area contributed by atoms with E-state index in [2.05, 4.69) is 10.6 Å². The van der Waals surface area contributed by atoms with Crippen molar-refractivity contribution >= 4 is 35.4 Å². The van der Waals surface area contributed by atoms with Crippen molar-refractivity contribution in [2.75, 3.05) is 26.6 Å². The molecule has 0 saturated carbocycles. The first-order valence-electron chi connectivity index (χ1n) is 13.0. The SMILES string of the molecule is COc1cc(/C=C(\NC(=O)c2ccccc2)C(=O)Nc2ccc(C(=O)/C=C/c3ccccc3)cc2)cc(OC)c1OC. The van der Waals surface area contributed by atoms with E-state index in [0.29, 0.717) is 39.6 Å². The third kappa shape index (κ3) is 7.51. The van der Waals surface area contributed by atoms with E-state index in [9.17, 15) is 14.4 Å². The Morgan fingerprint density at radius 2 is 1.26 bits per heavy atom. The number of hydrogen-bond acceptors (Lipinski definition) is 6. The summed E-state index contributed by atoms with van der Waals surface area (Å²) in [4.78, 5) is 39.0. The molecule has 2 amide bonds. The van der Waals surface area contributed by atoms with Crippen LogP contribution in [0.3, 0.4) is 0 Å². The maximum atomic E-state index is 13.4. The molecule has 0 spiro atoms. The molecule has 4 rings (SSSR count). The fourth-order valence-corrected chi connectivity index (χ4v) is 4.04. The van der Waals surface area contributed by atoms with Crippen molar-refractivity contribution in [1.82, 2.24) is 5.32 Å². The predicted molar refractivity (Wildman–Crippen MR) is 163 cm³/mol. The van der Waals surface area contributed by atoms with Crippen LogP contribution >= 0.6 is 0 Å². The number of carbonyl (C=O) groups excluding carboxylic acids is 3. The van der Waals surface area contributed by atoms with Crippen LogP contribution in [0.5, 0.6) is 17.2 Å². The van der Waals surface area contributed by atoms with Gasteiger partial charge in [-0.1, -0.05) is 54.6 Å². The van der Waals surface area contributed by atoms with Crippen LogP contribution in [-0.2, 0) is 4.79 Å². The minimum Gasteiger partial charge on any atom is -0.493 e. The summed E-state index contributed by atoms with van der Waals surface area (Å²) in [5, 5.41) is 5.49. The second-order valence-electron chi connectivity index (χ2n) is 8.98. The third-order valence-corrected chi connectivity index (χ3v) is 6.18. The molecule has 0 aliphatic rings. The Balaban J connectivity index is 1.58. The second kappa shape index (κ2) is 14.1. The molecule has 8 nitrogen and oxygen atoms in total. The number of benzene rings is 4. The van der Waals surface area contributed by atoms with E-state index in [1.807, 2.05) is 30.3 Å². The molecular weight excluding hydrogens is 532 g/mol. The first-order chi connectivity index (χ1) is 20.4. The highest BCUT2D eigenvalue weighted by Crippen LogP contribution is 2.38. The summed E-state index contributed by atoms with van der Waals surface area (Å²) < 4.78 is 16.2. The van der Waals surface area contributed by atoms with Crippen LogP contribution in [0.4, 0.5) is 5.69 Å². The average molecular weight is 563 g/mol. The zero-order valence-corrected chi connectivity index (χ0v) is 23.4. The Hall–Kier alpha value is -5.63. The molecule has 0 radical (unpaired) electrons. The molecule has 0 bridgehead atoms. The Morgan fingerprint density at radius 3 is 1.83 bits per heavy atom. The van der Waals surface area contributed by atoms with Gasteiger partial charge < -0.3 is 24.8 Å². The average Bonchev–Trinajstić information content (AvgIpc) is 3.03. The maximum Gasteiger partial charge on any atom is 0.272 e. The van der Waals surface area contributed by atoms with Crippen LogP contribution in [0.25, 0.3) is 12.2 Å². The van der Waals surface area contributed by atoms with Crippen LogP contribution in [0.1, 0.15) is 31.8 Å². The predicted octanol–water partition coefficient (Wildman–Crippen LogP) is 6.02. The van der Waals surface area contributed by atoms with Gasteiger partial charge in [-0.15, -0.1) is 0 Å². The Kier molecular flexibility index (Phi) is 9.88. The first-order valence-corrected chi connectivity index (χ1v) is 13.0. The quantitative estimate of drug-likeness (QED) is 0.171. The zero-order valence-electron chi connectivity index (χ0n) is 23.4. The highest BCUT2D eigenvalue weighted by molar-refractivity contribution is 6.11. The van der Waals surface area contributed by atoms with Crippen molar-refractivity contribution in [2.24, 2.45) is 0 Å². The summed E-state index contributed by atoms with van der Waals surface area (Å²) >= 11 is 0. The van der Waals surface area contributed by atoms with Gasteiger partial charge in [0.2, 0.25) is 5.75 Å². The highest BCUT2D eigenvalue weighted by atomic mass is 16.5. The number of ketones is 1. The summed E-state index contributed by atoms with van der Waals surface area (Å²) in [6, 6.07) is 27.9. The summed E-state index contributed by atoms with van der Waals surface area (Å²) in [7, 11) is 4.47. The van der Waals surface area contributed by atoms with Crippen molar-refractivity contribution in [3.05, 3.63) is 131 Å². The topological polar surface area (TPSA) is 103 Å². The number of amides is 2. The lowest BCUT2D eigenvalue weighted by molar-refractivity contribution is -0.113. The monoisotopic (exact) mass is 562 g/mol. The van der Waals surface area contributed by atoms with Crippen molar-refractivity contribution in [1.29, 1.82) is 0 Å². The highest BCUT2D eigenvalue weighted by Gasteiger charge is 2.18. The standard InChI is InChI=1S/C34H30N2O6/c1-40-30-21-24(22-31(41-2)32(30)42-3)20-28(36-33(38)26-12-8-5-9-13-26)34(39)35-27-17-15-25(16-18-27)29(37)19-14-23-10-6-4-7-11-23/h4-22H,1-3H3,(H,35,39)(H,36,38)/b19-14+,28-20-. The van der Waals surface area contributed by atoms with Gasteiger partial charge in [-0.25, -0.2) is 0 Å². The molecule has 0 fully saturated rings. The van der Waals surface area contributed by atoms with Gasteiger partial charge in [0.25, 0.3) is 11.8 Å². The lowest BCUT2D eigenvalue weighted by Gasteiger charge is -2.14. The summed E-state index contributed by atoms with van der Waals surface area (Å²) in [5.74, 6) is -0.0381. The van der Waals surface area contributed by atoms with Crippen LogP contribution in [0, 0.1) is 0 Å². The molecule has 0 aliphatic carbocycles. The van der Waals surface area contributed by atoms with Crippen molar-refractivity contribution < 1.29 is 28.6 Å². The lowest BCUT2D eigenvalue weighted by atomic mass is 10.1. The van der Waals surface area contributed by atoms with E-state index in [1.54, 1.807) is 72.8 Å². The molecule has 8 heteroatoms. The van der Waals surface area contributed by atoms with E-state index < -0.39 is 11.8 Å². The van der Waals surface area contributed by atoms with Crippen LogP contribution < -0.4 is 24.8 Å². The van der Waals surface area contributed by atoms with Crippen molar-refractivity contribution in [3.63, 3.8) is 0 Å². The molecule has 0 aliphatic heterocycles. The molecule has 4 aromatic rings. The van der Waals surface area contributed by atoms with Crippen molar-refractivity contribution in [2.45, 2.75) is 0 Å².